The predicted octanol–water partition coefficient (Wildman–Crippen LogP) is 3.66. The van der Waals surface area contributed by atoms with Crippen molar-refractivity contribution in [3.63, 3.8) is 0 Å². The normalized spacial score (nSPS) is 13.0. The number of aromatic amines is 1. The summed E-state index contributed by atoms with van der Waals surface area (Å²) in [5.41, 5.74) is 2.25. The van der Waals surface area contributed by atoms with Gasteiger partial charge in [-0.15, -0.1) is 0 Å². The number of nitrogens with one attached hydrogen (secondary N) is 2. The summed E-state index contributed by atoms with van der Waals surface area (Å²) >= 11 is 0. The maximum absolute atomic E-state index is 5.79. The van der Waals surface area contributed by atoms with Crippen LogP contribution in [0.15, 0.2) is 47.2 Å². The van der Waals surface area contributed by atoms with Crippen LogP contribution in [0.25, 0.3) is 10.9 Å². The summed E-state index contributed by atoms with van der Waals surface area (Å²) in [7, 11) is 0. The zero-order valence-corrected chi connectivity index (χ0v) is 13.6. The molecule has 3 rings (SSSR count). The lowest BCUT2D eigenvalue weighted by molar-refractivity contribution is 0.0844. The zero-order valence-electron chi connectivity index (χ0n) is 13.6. The van der Waals surface area contributed by atoms with Crippen LogP contribution in [0.1, 0.15) is 31.2 Å². The fraction of sp³-hybridized carbons (Fsp3) is 0.389. The summed E-state index contributed by atoms with van der Waals surface area (Å²) in [4.78, 5) is 0. The van der Waals surface area contributed by atoms with E-state index in [1.54, 1.807) is 6.26 Å². The molecular weight excluding hydrogens is 290 g/mol. The second-order valence-corrected chi connectivity index (χ2v) is 6.17. The maximum atomic E-state index is 5.79. The first-order valence-corrected chi connectivity index (χ1v) is 7.99. The Hall–Kier alpha value is -2.11. The molecule has 1 aromatic carbocycles. The number of benzene rings is 1. The van der Waals surface area contributed by atoms with Crippen LogP contribution in [-0.4, -0.2) is 23.4 Å². The highest BCUT2D eigenvalue weighted by Gasteiger charge is 2.14. The molecule has 0 aliphatic carbocycles. The van der Waals surface area contributed by atoms with Gasteiger partial charge in [0.1, 0.15) is 5.76 Å². The molecule has 0 saturated heterocycles. The van der Waals surface area contributed by atoms with Gasteiger partial charge in [0.15, 0.2) is 0 Å². The largest absolute Gasteiger partial charge is 0.468 e. The molecule has 0 fully saturated rings. The summed E-state index contributed by atoms with van der Waals surface area (Å²) in [6, 6.07) is 10.2. The van der Waals surface area contributed by atoms with E-state index in [0.717, 1.165) is 29.8 Å². The number of ether oxygens (including phenoxy) is 1. The molecule has 0 bridgehead atoms. The number of rotatable bonds is 8. The van der Waals surface area contributed by atoms with E-state index in [-0.39, 0.29) is 6.04 Å². The van der Waals surface area contributed by atoms with Crippen molar-refractivity contribution < 1.29 is 9.15 Å². The lowest BCUT2D eigenvalue weighted by Crippen LogP contribution is -2.25. The van der Waals surface area contributed by atoms with Crippen LogP contribution in [-0.2, 0) is 11.3 Å². The van der Waals surface area contributed by atoms with E-state index >= 15 is 0 Å². The maximum Gasteiger partial charge on any atom is 0.123 e. The average Bonchev–Trinajstić information content (AvgIpc) is 3.20. The molecule has 3 aromatic rings. The third kappa shape index (κ3) is 4.21. The molecule has 0 spiro atoms. The SMILES string of the molecule is CC(C)COCC(NCc1ccc2cn[nH]c2c1)c1ccco1. The van der Waals surface area contributed by atoms with E-state index in [1.165, 1.54) is 5.56 Å². The van der Waals surface area contributed by atoms with Crippen molar-refractivity contribution in [1.29, 1.82) is 0 Å². The van der Waals surface area contributed by atoms with E-state index in [1.807, 2.05) is 18.3 Å². The summed E-state index contributed by atoms with van der Waals surface area (Å²) in [6.45, 7) is 6.38. The van der Waals surface area contributed by atoms with Gasteiger partial charge in [0.05, 0.1) is 30.6 Å². The number of furan rings is 1. The Labute approximate surface area is 136 Å². The minimum absolute atomic E-state index is 0.0428. The van der Waals surface area contributed by atoms with Crippen LogP contribution in [0.2, 0.25) is 0 Å². The molecule has 5 nitrogen and oxygen atoms in total. The van der Waals surface area contributed by atoms with Crippen LogP contribution in [0.4, 0.5) is 0 Å². The molecule has 122 valence electrons. The Morgan fingerprint density at radius 1 is 1.26 bits per heavy atom. The fourth-order valence-electron chi connectivity index (χ4n) is 2.49. The Balaban J connectivity index is 1.63. The minimum Gasteiger partial charge on any atom is -0.468 e. The van der Waals surface area contributed by atoms with Crippen LogP contribution in [0.3, 0.4) is 0 Å². The Morgan fingerprint density at radius 3 is 2.96 bits per heavy atom. The van der Waals surface area contributed by atoms with Crippen LogP contribution in [0, 0.1) is 5.92 Å². The first-order chi connectivity index (χ1) is 11.2. The Bertz CT molecular complexity index is 719. The summed E-state index contributed by atoms with van der Waals surface area (Å²) in [5, 5.41) is 11.7. The molecule has 5 heteroatoms. The molecule has 0 radical (unpaired) electrons. The average molecular weight is 313 g/mol. The first-order valence-electron chi connectivity index (χ1n) is 7.99. The number of H-pyrrole nitrogens is 1. The highest BCUT2D eigenvalue weighted by Crippen LogP contribution is 2.17. The first kappa shape index (κ1) is 15.8. The molecular formula is C18H23N3O2. The topological polar surface area (TPSA) is 63.1 Å². The van der Waals surface area contributed by atoms with Crippen molar-refractivity contribution in [1.82, 2.24) is 15.5 Å². The van der Waals surface area contributed by atoms with Gasteiger partial charge < -0.3 is 14.5 Å². The molecule has 0 aliphatic rings. The second-order valence-electron chi connectivity index (χ2n) is 6.17. The molecule has 0 aliphatic heterocycles. The molecule has 0 amide bonds. The third-order valence-corrected chi connectivity index (χ3v) is 3.68. The van der Waals surface area contributed by atoms with Gasteiger partial charge in [0, 0.05) is 18.5 Å². The van der Waals surface area contributed by atoms with E-state index in [0.29, 0.717) is 12.5 Å². The zero-order chi connectivity index (χ0) is 16.1. The van der Waals surface area contributed by atoms with Crippen molar-refractivity contribution in [2.24, 2.45) is 5.92 Å². The number of nitrogens with zero attached hydrogens (tertiary/aromatic N) is 1. The molecule has 1 atom stereocenters. The number of aromatic nitrogens is 2. The fourth-order valence-corrected chi connectivity index (χ4v) is 2.49. The van der Waals surface area contributed by atoms with Crippen molar-refractivity contribution in [2.75, 3.05) is 13.2 Å². The number of hydrogen-bond donors (Lipinski definition) is 2. The van der Waals surface area contributed by atoms with Crippen molar-refractivity contribution in [3.8, 4) is 0 Å². The van der Waals surface area contributed by atoms with Gasteiger partial charge in [-0.2, -0.15) is 5.10 Å². The minimum atomic E-state index is 0.0428. The lowest BCUT2D eigenvalue weighted by Gasteiger charge is -2.18. The van der Waals surface area contributed by atoms with Crippen molar-refractivity contribution in [2.45, 2.75) is 26.4 Å². The summed E-state index contributed by atoms with van der Waals surface area (Å²) in [6.07, 6.45) is 3.53. The smallest absolute Gasteiger partial charge is 0.123 e. The quantitative estimate of drug-likeness (QED) is 0.666. The van der Waals surface area contributed by atoms with E-state index < -0.39 is 0 Å². The van der Waals surface area contributed by atoms with Gasteiger partial charge in [-0.05, 0) is 29.7 Å². The van der Waals surface area contributed by atoms with E-state index in [4.69, 9.17) is 9.15 Å². The van der Waals surface area contributed by atoms with Gasteiger partial charge in [0.25, 0.3) is 0 Å². The lowest BCUT2D eigenvalue weighted by atomic mass is 10.1. The second kappa shape index (κ2) is 7.44. The van der Waals surface area contributed by atoms with E-state index in [2.05, 4.69) is 47.6 Å². The van der Waals surface area contributed by atoms with Gasteiger partial charge in [-0.3, -0.25) is 5.10 Å². The van der Waals surface area contributed by atoms with Crippen LogP contribution < -0.4 is 5.32 Å². The molecule has 2 heterocycles. The third-order valence-electron chi connectivity index (χ3n) is 3.68. The Morgan fingerprint density at radius 2 is 2.17 bits per heavy atom. The molecule has 23 heavy (non-hydrogen) atoms. The summed E-state index contributed by atoms with van der Waals surface area (Å²) in [5.74, 6) is 1.42. The monoisotopic (exact) mass is 313 g/mol. The number of hydrogen-bond acceptors (Lipinski definition) is 4. The molecule has 0 saturated carbocycles. The molecule has 2 N–H and O–H groups in total. The van der Waals surface area contributed by atoms with Crippen molar-refractivity contribution in [3.05, 3.63) is 54.1 Å². The van der Waals surface area contributed by atoms with Gasteiger partial charge >= 0.3 is 0 Å². The number of fused-ring (bicyclic) bond motifs is 1. The highest BCUT2D eigenvalue weighted by atomic mass is 16.5. The van der Waals surface area contributed by atoms with Crippen LogP contribution >= 0.6 is 0 Å². The van der Waals surface area contributed by atoms with Gasteiger partial charge in [-0.25, -0.2) is 0 Å². The van der Waals surface area contributed by atoms with Crippen molar-refractivity contribution >= 4 is 10.9 Å². The Kier molecular flexibility index (Phi) is 5.10. The van der Waals surface area contributed by atoms with Crippen LogP contribution in [0.5, 0.6) is 0 Å². The van der Waals surface area contributed by atoms with Gasteiger partial charge in [-0.1, -0.05) is 26.0 Å². The molecule has 1 unspecified atom stereocenters. The standard InChI is InChI=1S/C18H23N3O2/c1-13(2)11-22-12-17(18-4-3-7-23-18)19-9-14-5-6-15-10-20-21-16(15)8-14/h3-8,10,13,17,19H,9,11-12H2,1-2H3,(H,20,21). The summed E-state index contributed by atoms with van der Waals surface area (Å²) < 4.78 is 11.3. The molecule has 2 aromatic heterocycles. The van der Waals surface area contributed by atoms with Gasteiger partial charge in [0.2, 0.25) is 0 Å². The van der Waals surface area contributed by atoms with E-state index in [9.17, 15) is 0 Å². The predicted molar refractivity (Wildman–Crippen MR) is 90.0 cm³/mol. The highest BCUT2D eigenvalue weighted by molar-refractivity contribution is 5.78.